The minimum absolute atomic E-state index is 0.00590. The molecule has 0 bridgehead atoms. The summed E-state index contributed by atoms with van der Waals surface area (Å²) >= 11 is 12.2. The summed E-state index contributed by atoms with van der Waals surface area (Å²) < 4.78 is 36.1. The number of benzene rings is 2. The molecule has 1 N–H and O–H groups in total. The van der Waals surface area contributed by atoms with Crippen molar-refractivity contribution < 1.29 is 23.1 Å². The number of carbonyl (C=O) groups is 1. The van der Waals surface area contributed by atoms with E-state index in [9.17, 15) is 18.3 Å². The summed E-state index contributed by atoms with van der Waals surface area (Å²) in [6.45, 7) is 4.45. The molecule has 1 aromatic heterocycles. The molecule has 3 rings (SSSR count). The van der Waals surface area contributed by atoms with Crippen molar-refractivity contribution in [1.29, 1.82) is 0 Å². The van der Waals surface area contributed by atoms with Gasteiger partial charge in [-0.05, 0) is 56.7 Å². The predicted molar refractivity (Wildman–Crippen MR) is 143 cm³/mol. The minimum atomic E-state index is -4.14. The lowest BCUT2D eigenvalue weighted by Crippen LogP contribution is -2.43. The van der Waals surface area contributed by atoms with Gasteiger partial charge >= 0.3 is 6.09 Å². The summed E-state index contributed by atoms with van der Waals surface area (Å²) in [6.07, 6.45) is 5.41. The van der Waals surface area contributed by atoms with Crippen LogP contribution in [0.15, 0.2) is 66.1 Å². The van der Waals surface area contributed by atoms with Gasteiger partial charge in [-0.2, -0.15) is 0 Å². The van der Waals surface area contributed by atoms with Gasteiger partial charge in [0.2, 0.25) is 0 Å². The average molecular weight is 570 g/mol. The van der Waals surface area contributed by atoms with E-state index in [1.165, 1.54) is 30.3 Å². The maximum absolute atomic E-state index is 13.8. The summed E-state index contributed by atoms with van der Waals surface area (Å²) in [5, 5.41) is 10.6. The maximum Gasteiger partial charge on any atom is 0.409 e. The molecule has 200 valence electrons. The van der Waals surface area contributed by atoms with E-state index in [4.69, 9.17) is 27.9 Å². The van der Waals surface area contributed by atoms with Crippen LogP contribution in [0.4, 0.5) is 10.5 Å². The largest absolute Gasteiger partial charge is 0.447 e. The number of sulfonamides is 1. The molecule has 0 aliphatic carbocycles. The fraction of sp³-hybridized carbons (Fsp3) is 0.360. The van der Waals surface area contributed by atoms with Crippen molar-refractivity contribution in [2.45, 2.75) is 44.4 Å². The lowest BCUT2D eigenvalue weighted by Gasteiger charge is -2.32. The van der Waals surface area contributed by atoms with Crippen LogP contribution in [-0.2, 0) is 27.9 Å². The Bertz CT molecular complexity index is 1270. The Morgan fingerprint density at radius 1 is 1.16 bits per heavy atom. The fourth-order valence-corrected chi connectivity index (χ4v) is 5.76. The summed E-state index contributed by atoms with van der Waals surface area (Å²) in [4.78, 5) is 18.4. The van der Waals surface area contributed by atoms with Crippen LogP contribution in [0.2, 0.25) is 10.0 Å². The molecule has 1 amide bonds. The molecule has 0 fully saturated rings. The number of anilines is 1. The number of nitrogens with zero attached hydrogens (tertiary/aromatic N) is 4. The second-order valence-corrected chi connectivity index (χ2v) is 11.0. The standard InChI is InChI=1S/C25H30Cl2N4O5S/c1-3-30(13-4-12-29-14-11-28-18-29)25(33)36-17-19(2)31(24-15-22(27)6-5-20(24)16-32)37(34,35)23-9-7-21(26)8-10-23/h5-11,14-15,18-19,32H,3-4,12-13,16-17H2,1-2H3. The van der Waals surface area contributed by atoms with Gasteiger partial charge in [0.1, 0.15) is 6.61 Å². The van der Waals surface area contributed by atoms with Gasteiger partial charge in [0.05, 0.1) is 29.6 Å². The fourth-order valence-electron chi connectivity index (χ4n) is 3.79. The number of hydrogen-bond acceptors (Lipinski definition) is 6. The molecule has 3 aromatic rings. The maximum atomic E-state index is 13.8. The molecule has 9 nitrogen and oxygen atoms in total. The highest BCUT2D eigenvalue weighted by Crippen LogP contribution is 2.32. The third kappa shape index (κ3) is 7.38. The highest BCUT2D eigenvalue weighted by atomic mass is 35.5. The Labute approximate surface area is 227 Å². The second-order valence-electron chi connectivity index (χ2n) is 8.35. The zero-order chi connectivity index (χ0) is 27.0. The van der Waals surface area contributed by atoms with Gasteiger partial charge in [0, 0.05) is 47.6 Å². The van der Waals surface area contributed by atoms with Crippen LogP contribution in [0.1, 0.15) is 25.8 Å². The molecule has 0 aliphatic rings. The van der Waals surface area contributed by atoms with Crippen LogP contribution in [0, 0.1) is 0 Å². The molecule has 0 saturated heterocycles. The number of rotatable bonds is 12. The molecule has 1 heterocycles. The number of carbonyl (C=O) groups excluding carboxylic acids is 1. The topological polar surface area (TPSA) is 105 Å². The zero-order valence-corrected chi connectivity index (χ0v) is 23.0. The van der Waals surface area contributed by atoms with Crippen molar-refractivity contribution in [3.63, 3.8) is 0 Å². The minimum Gasteiger partial charge on any atom is -0.447 e. The number of hydrogen-bond donors (Lipinski definition) is 1. The Morgan fingerprint density at radius 3 is 2.49 bits per heavy atom. The quantitative estimate of drug-likeness (QED) is 0.336. The summed E-state index contributed by atoms with van der Waals surface area (Å²) in [5.41, 5.74) is 0.552. The van der Waals surface area contributed by atoms with E-state index < -0.39 is 28.8 Å². The Hall–Kier alpha value is -2.79. The number of aryl methyl sites for hydroxylation is 1. The van der Waals surface area contributed by atoms with Crippen LogP contribution in [0.3, 0.4) is 0 Å². The lowest BCUT2D eigenvalue weighted by molar-refractivity contribution is 0.0995. The Balaban J connectivity index is 1.80. The number of aliphatic hydroxyl groups excluding tert-OH is 1. The Morgan fingerprint density at radius 2 is 1.86 bits per heavy atom. The van der Waals surface area contributed by atoms with E-state index in [0.29, 0.717) is 41.7 Å². The van der Waals surface area contributed by atoms with Crippen LogP contribution in [0.25, 0.3) is 0 Å². The number of ether oxygens (including phenoxy) is 1. The van der Waals surface area contributed by atoms with E-state index in [2.05, 4.69) is 4.98 Å². The first-order valence-corrected chi connectivity index (χ1v) is 13.9. The molecule has 12 heteroatoms. The van der Waals surface area contributed by atoms with Crippen molar-refractivity contribution in [3.8, 4) is 0 Å². The second kappa shape index (κ2) is 13.1. The number of aliphatic hydroxyl groups is 1. The number of halogens is 2. The van der Waals surface area contributed by atoms with Gasteiger partial charge in [-0.25, -0.2) is 18.2 Å². The van der Waals surface area contributed by atoms with Crippen LogP contribution >= 0.6 is 23.2 Å². The summed E-state index contributed by atoms with van der Waals surface area (Å²) in [6, 6.07) is 9.51. The third-order valence-corrected chi connectivity index (χ3v) is 8.15. The average Bonchev–Trinajstić information content (AvgIpc) is 3.39. The Kier molecular flexibility index (Phi) is 10.2. The molecular formula is C25H30Cl2N4O5S. The smallest absolute Gasteiger partial charge is 0.409 e. The summed E-state index contributed by atoms with van der Waals surface area (Å²) in [7, 11) is -4.14. The molecule has 1 unspecified atom stereocenters. The first-order valence-electron chi connectivity index (χ1n) is 11.7. The molecular weight excluding hydrogens is 539 g/mol. The SMILES string of the molecule is CCN(CCCn1ccnc1)C(=O)OCC(C)N(c1cc(Cl)ccc1CO)S(=O)(=O)c1ccc(Cl)cc1. The highest BCUT2D eigenvalue weighted by molar-refractivity contribution is 7.92. The van der Waals surface area contributed by atoms with Crippen molar-refractivity contribution in [2.24, 2.45) is 0 Å². The van der Waals surface area contributed by atoms with Gasteiger partial charge in [0.15, 0.2) is 0 Å². The van der Waals surface area contributed by atoms with Crippen molar-refractivity contribution in [1.82, 2.24) is 14.5 Å². The molecule has 0 saturated carbocycles. The van der Waals surface area contributed by atoms with E-state index in [0.717, 1.165) is 4.31 Å². The molecule has 0 aliphatic heterocycles. The highest BCUT2D eigenvalue weighted by Gasteiger charge is 2.32. The molecule has 37 heavy (non-hydrogen) atoms. The molecule has 2 aromatic carbocycles. The van der Waals surface area contributed by atoms with Gasteiger partial charge < -0.3 is 19.3 Å². The first-order chi connectivity index (χ1) is 17.7. The van der Waals surface area contributed by atoms with E-state index >= 15 is 0 Å². The van der Waals surface area contributed by atoms with Crippen molar-refractivity contribution in [2.75, 3.05) is 24.0 Å². The predicted octanol–water partition coefficient (Wildman–Crippen LogP) is 4.81. The van der Waals surface area contributed by atoms with E-state index in [1.807, 2.05) is 17.7 Å². The van der Waals surface area contributed by atoms with E-state index in [1.54, 1.807) is 36.5 Å². The molecule has 1 atom stereocenters. The lowest BCUT2D eigenvalue weighted by atomic mass is 10.1. The molecule has 0 spiro atoms. The van der Waals surface area contributed by atoms with Crippen molar-refractivity contribution in [3.05, 3.63) is 76.8 Å². The molecule has 0 radical (unpaired) electrons. The normalized spacial score (nSPS) is 12.2. The summed E-state index contributed by atoms with van der Waals surface area (Å²) in [5.74, 6) is 0. The van der Waals surface area contributed by atoms with E-state index in [-0.39, 0.29) is 17.2 Å². The van der Waals surface area contributed by atoms with Gasteiger partial charge in [-0.3, -0.25) is 4.31 Å². The van der Waals surface area contributed by atoms with Crippen LogP contribution in [0.5, 0.6) is 0 Å². The van der Waals surface area contributed by atoms with Gasteiger partial charge in [-0.1, -0.05) is 29.3 Å². The van der Waals surface area contributed by atoms with Crippen LogP contribution < -0.4 is 4.31 Å². The van der Waals surface area contributed by atoms with Gasteiger partial charge in [0.25, 0.3) is 10.0 Å². The number of amides is 1. The van der Waals surface area contributed by atoms with Gasteiger partial charge in [-0.15, -0.1) is 0 Å². The third-order valence-electron chi connectivity index (χ3n) is 5.72. The first kappa shape index (κ1) is 28.8. The number of aromatic nitrogens is 2. The monoisotopic (exact) mass is 568 g/mol. The van der Waals surface area contributed by atoms with Crippen LogP contribution in [-0.4, -0.2) is 59.8 Å². The number of imidazole rings is 1. The van der Waals surface area contributed by atoms with Crippen molar-refractivity contribution >= 4 is 45.0 Å². The zero-order valence-electron chi connectivity index (χ0n) is 20.6.